The largest absolute Gasteiger partial charge is 0.460 e. The predicted octanol–water partition coefficient (Wildman–Crippen LogP) is 3.76. The van der Waals surface area contributed by atoms with Gasteiger partial charge in [-0.3, -0.25) is 19.2 Å². The smallest absolute Gasteiger partial charge is 0.321 e. The summed E-state index contributed by atoms with van der Waals surface area (Å²) in [7, 11) is 0. The number of esters is 2. The fourth-order valence-electron chi connectivity index (χ4n) is 4.65. The Morgan fingerprint density at radius 1 is 0.696 bits per heavy atom. The van der Waals surface area contributed by atoms with Gasteiger partial charge in [0.1, 0.15) is 19.3 Å². The van der Waals surface area contributed by atoms with Crippen LogP contribution in [-0.2, 0) is 54.7 Å². The summed E-state index contributed by atoms with van der Waals surface area (Å²) in [6.07, 6.45) is 1.12. The van der Waals surface area contributed by atoms with E-state index < -0.39 is 36.1 Å². The molecule has 3 aromatic carbocycles. The second-order valence-electron chi connectivity index (χ2n) is 11.1. The standard InChI is InChI=1S/C36H44N2O8/c1-2-3-10-21-37-34(42)31(38-32(39)19-20-33(40)41)23-27-17-15-26(16-18-27)22-30(35(43)45-24-28-11-6-4-7-12-28)36(44)46-25-29-13-8-5-9-14-29/h4-9,11-18,30-31,33,40-41H,2-3,10,19-25H2,1H3,(H,37,42)(H,38,39)/t31-/m0/s1. The number of carbonyl (C=O) groups excluding carboxylic acids is 4. The van der Waals surface area contributed by atoms with Crippen molar-refractivity contribution in [1.29, 1.82) is 0 Å². The molecule has 0 radical (unpaired) electrons. The van der Waals surface area contributed by atoms with Gasteiger partial charge >= 0.3 is 11.9 Å². The lowest BCUT2D eigenvalue weighted by atomic mass is 9.97. The zero-order chi connectivity index (χ0) is 33.1. The molecule has 0 saturated heterocycles. The van der Waals surface area contributed by atoms with Crippen LogP contribution in [0.4, 0.5) is 0 Å². The van der Waals surface area contributed by atoms with Crippen molar-refractivity contribution in [2.45, 2.75) is 77.4 Å². The second-order valence-corrected chi connectivity index (χ2v) is 11.1. The Kier molecular flexibility index (Phi) is 15.4. The number of ether oxygens (including phenoxy) is 2. The molecule has 0 aliphatic carbocycles. The number of rotatable bonds is 19. The average Bonchev–Trinajstić information content (AvgIpc) is 3.07. The summed E-state index contributed by atoms with van der Waals surface area (Å²) in [4.78, 5) is 51.7. The third-order valence-electron chi connectivity index (χ3n) is 7.28. The Labute approximate surface area is 270 Å². The summed E-state index contributed by atoms with van der Waals surface area (Å²) < 4.78 is 11.0. The minimum Gasteiger partial charge on any atom is -0.460 e. The summed E-state index contributed by atoms with van der Waals surface area (Å²) in [6, 6.07) is 24.6. The average molecular weight is 633 g/mol. The Balaban J connectivity index is 1.69. The quantitative estimate of drug-likeness (QED) is 0.0675. The van der Waals surface area contributed by atoms with Crippen molar-refractivity contribution in [2.24, 2.45) is 5.92 Å². The number of carbonyl (C=O) groups is 4. The lowest BCUT2D eigenvalue weighted by Gasteiger charge is -2.19. The summed E-state index contributed by atoms with van der Waals surface area (Å²) in [6.45, 7) is 2.58. The van der Waals surface area contributed by atoms with Crippen LogP contribution in [0.2, 0.25) is 0 Å². The van der Waals surface area contributed by atoms with Gasteiger partial charge in [0.15, 0.2) is 12.2 Å². The highest BCUT2D eigenvalue weighted by Crippen LogP contribution is 2.17. The highest BCUT2D eigenvalue weighted by atomic mass is 16.6. The van der Waals surface area contributed by atoms with E-state index in [4.69, 9.17) is 19.7 Å². The van der Waals surface area contributed by atoms with Gasteiger partial charge in [-0.05, 0) is 35.1 Å². The van der Waals surface area contributed by atoms with Crippen molar-refractivity contribution in [3.63, 3.8) is 0 Å². The molecule has 3 rings (SSSR count). The van der Waals surface area contributed by atoms with Crippen molar-refractivity contribution >= 4 is 23.8 Å². The number of nitrogens with one attached hydrogen (secondary N) is 2. The fraction of sp³-hybridized carbons (Fsp3) is 0.389. The molecule has 4 N–H and O–H groups in total. The maximum absolute atomic E-state index is 13.1. The molecule has 0 spiro atoms. The lowest BCUT2D eigenvalue weighted by Crippen LogP contribution is -2.48. The Bertz CT molecular complexity index is 1310. The summed E-state index contributed by atoms with van der Waals surface area (Å²) in [5, 5.41) is 23.8. The van der Waals surface area contributed by atoms with Crippen LogP contribution in [-0.4, -0.2) is 52.8 Å². The lowest BCUT2D eigenvalue weighted by molar-refractivity contribution is -0.163. The molecular weight excluding hydrogens is 588 g/mol. The van der Waals surface area contributed by atoms with Crippen LogP contribution < -0.4 is 10.6 Å². The third-order valence-corrected chi connectivity index (χ3v) is 7.28. The second kappa shape index (κ2) is 19.8. The molecular formula is C36H44N2O8. The Morgan fingerprint density at radius 3 is 1.72 bits per heavy atom. The molecule has 246 valence electrons. The van der Waals surface area contributed by atoms with Crippen molar-refractivity contribution in [3.05, 3.63) is 107 Å². The highest BCUT2D eigenvalue weighted by Gasteiger charge is 2.30. The third kappa shape index (κ3) is 13.2. The SMILES string of the molecule is CCCCCNC(=O)[C@H](Cc1ccc(CC(C(=O)OCc2ccccc2)C(=O)OCc2ccccc2)cc1)NC(=O)CCC(O)O. The van der Waals surface area contributed by atoms with Crippen LogP contribution >= 0.6 is 0 Å². The monoisotopic (exact) mass is 632 g/mol. The molecule has 0 unspecified atom stereocenters. The minimum absolute atomic E-state index is 0.0198. The van der Waals surface area contributed by atoms with Gasteiger partial charge in [0.05, 0.1) is 0 Å². The van der Waals surface area contributed by atoms with Crippen LogP contribution in [0.5, 0.6) is 0 Å². The summed E-state index contributed by atoms with van der Waals surface area (Å²) >= 11 is 0. The summed E-state index contributed by atoms with van der Waals surface area (Å²) in [5.74, 6) is -3.38. The molecule has 0 aliphatic heterocycles. The molecule has 0 aromatic heterocycles. The molecule has 0 heterocycles. The van der Waals surface area contributed by atoms with Crippen molar-refractivity contribution in [2.75, 3.05) is 6.54 Å². The first kappa shape index (κ1) is 35.9. The number of unbranched alkanes of at least 4 members (excludes halogenated alkanes) is 2. The number of aliphatic hydroxyl groups is 2. The molecule has 0 saturated carbocycles. The molecule has 0 bridgehead atoms. The number of hydrogen-bond acceptors (Lipinski definition) is 8. The van der Waals surface area contributed by atoms with Crippen LogP contribution in [0.1, 0.15) is 61.3 Å². The van der Waals surface area contributed by atoms with Gasteiger partial charge in [0, 0.05) is 25.8 Å². The molecule has 0 aliphatic rings. The van der Waals surface area contributed by atoms with E-state index in [9.17, 15) is 19.2 Å². The normalized spacial score (nSPS) is 11.6. The van der Waals surface area contributed by atoms with Crippen LogP contribution in [0.25, 0.3) is 0 Å². The van der Waals surface area contributed by atoms with Gasteiger partial charge in [0.2, 0.25) is 11.8 Å². The van der Waals surface area contributed by atoms with Gasteiger partial charge < -0.3 is 30.3 Å². The summed E-state index contributed by atoms with van der Waals surface area (Å²) in [5.41, 5.74) is 3.01. The molecule has 0 fully saturated rings. The van der Waals surface area contributed by atoms with Gasteiger partial charge in [-0.1, -0.05) is 105 Å². The van der Waals surface area contributed by atoms with E-state index in [0.717, 1.165) is 36.0 Å². The first-order valence-corrected chi connectivity index (χ1v) is 15.7. The Hall–Kier alpha value is -4.54. The number of amides is 2. The van der Waals surface area contributed by atoms with Crippen molar-refractivity contribution < 1.29 is 38.9 Å². The number of aliphatic hydroxyl groups excluding tert-OH is 1. The Morgan fingerprint density at radius 2 is 1.22 bits per heavy atom. The maximum Gasteiger partial charge on any atom is 0.321 e. The topological polar surface area (TPSA) is 151 Å². The van der Waals surface area contributed by atoms with Crippen LogP contribution in [0.15, 0.2) is 84.9 Å². The van der Waals surface area contributed by atoms with Gasteiger partial charge in [-0.15, -0.1) is 0 Å². The van der Waals surface area contributed by atoms with E-state index in [1.165, 1.54) is 0 Å². The fourth-order valence-corrected chi connectivity index (χ4v) is 4.65. The predicted molar refractivity (Wildman–Crippen MR) is 172 cm³/mol. The van der Waals surface area contributed by atoms with E-state index in [0.29, 0.717) is 12.1 Å². The first-order chi connectivity index (χ1) is 22.2. The molecule has 3 aromatic rings. The zero-order valence-electron chi connectivity index (χ0n) is 26.2. The van der Waals surface area contributed by atoms with Gasteiger partial charge in [-0.25, -0.2) is 0 Å². The molecule has 1 atom stereocenters. The number of benzene rings is 3. The minimum atomic E-state index is -1.62. The highest BCUT2D eigenvalue weighted by molar-refractivity contribution is 5.95. The van der Waals surface area contributed by atoms with Crippen molar-refractivity contribution in [1.82, 2.24) is 10.6 Å². The van der Waals surface area contributed by atoms with E-state index in [1.54, 1.807) is 24.3 Å². The molecule has 10 nitrogen and oxygen atoms in total. The molecule has 10 heteroatoms. The zero-order valence-corrected chi connectivity index (χ0v) is 26.2. The van der Waals surface area contributed by atoms with E-state index in [-0.39, 0.29) is 44.8 Å². The van der Waals surface area contributed by atoms with Gasteiger partial charge in [-0.2, -0.15) is 0 Å². The van der Waals surface area contributed by atoms with Gasteiger partial charge in [0.25, 0.3) is 0 Å². The van der Waals surface area contributed by atoms with E-state index in [1.807, 2.05) is 60.7 Å². The number of hydrogen-bond donors (Lipinski definition) is 4. The van der Waals surface area contributed by atoms with E-state index >= 15 is 0 Å². The van der Waals surface area contributed by atoms with Crippen molar-refractivity contribution in [3.8, 4) is 0 Å². The first-order valence-electron chi connectivity index (χ1n) is 15.7. The molecule has 2 amide bonds. The van der Waals surface area contributed by atoms with Crippen LogP contribution in [0.3, 0.4) is 0 Å². The van der Waals surface area contributed by atoms with E-state index in [2.05, 4.69) is 17.6 Å². The maximum atomic E-state index is 13.1. The van der Waals surface area contributed by atoms with Crippen LogP contribution in [0, 0.1) is 5.92 Å². The molecule has 46 heavy (non-hydrogen) atoms.